The average molecular weight is 454 g/mol. The second kappa shape index (κ2) is 6.37. The molecule has 0 unspecified atom stereocenters. The van der Waals surface area contributed by atoms with Gasteiger partial charge in [-0.15, -0.1) is 0 Å². The first-order valence-electron chi connectivity index (χ1n) is 5.71. The number of benzene rings is 1. The molecule has 1 N–H and O–H groups in total. The molecule has 2 amide bonds. The minimum Gasteiger partial charge on any atom is -0.363 e. The van der Waals surface area contributed by atoms with Crippen molar-refractivity contribution in [2.45, 2.75) is 12.8 Å². The number of urea groups is 1. The fourth-order valence-corrected chi connectivity index (χ4v) is 4.31. The van der Waals surface area contributed by atoms with Gasteiger partial charge in [0.2, 0.25) is 0 Å². The van der Waals surface area contributed by atoms with E-state index in [2.05, 4.69) is 58.1 Å². The minimum atomic E-state index is -0.354. The number of aliphatic imine (C=N–C) groups is 1. The molecular formula is C12H12Br3N3O. The lowest BCUT2D eigenvalue weighted by atomic mass is 10.3. The number of amidine groups is 1. The van der Waals surface area contributed by atoms with Crippen LogP contribution < -0.4 is 5.32 Å². The van der Waals surface area contributed by atoms with Crippen molar-refractivity contribution in [1.82, 2.24) is 4.90 Å². The van der Waals surface area contributed by atoms with E-state index < -0.39 is 0 Å². The van der Waals surface area contributed by atoms with Gasteiger partial charge in [-0.1, -0.05) is 15.9 Å². The Hall–Kier alpha value is -0.400. The Kier molecular flexibility index (Phi) is 5.03. The summed E-state index contributed by atoms with van der Waals surface area (Å²) in [6.07, 6.45) is 1.90. The molecule has 102 valence electrons. The summed E-state index contributed by atoms with van der Waals surface area (Å²) in [6.45, 7) is 0.956. The van der Waals surface area contributed by atoms with Crippen molar-refractivity contribution < 1.29 is 4.79 Å². The van der Waals surface area contributed by atoms with Gasteiger partial charge in [0.05, 0.1) is 5.69 Å². The van der Waals surface area contributed by atoms with E-state index in [9.17, 15) is 4.79 Å². The van der Waals surface area contributed by atoms with E-state index in [0.29, 0.717) is 5.69 Å². The quantitative estimate of drug-likeness (QED) is 0.673. The molecule has 0 aliphatic carbocycles. The van der Waals surface area contributed by atoms with Gasteiger partial charge >= 0.3 is 6.03 Å². The van der Waals surface area contributed by atoms with Crippen molar-refractivity contribution in [3.8, 4) is 0 Å². The number of anilines is 1. The second-order valence-corrected chi connectivity index (χ2v) is 6.85. The number of carbonyl (C=O) groups is 1. The molecule has 2 rings (SSSR count). The highest BCUT2D eigenvalue weighted by molar-refractivity contribution is 9.11. The molecule has 0 atom stereocenters. The molecule has 4 nitrogen and oxygen atoms in total. The second-order valence-electron chi connectivity index (χ2n) is 4.23. The fourth-order valence-electron chi connectivity index (χ4n) is 1.85. The van der Waals surface area contributed by atoms with Crippen molar-refractivity contribution in [2.24, 2.45) is 4.99 Å². The normalized spacial score (nSPS) is 17.1. The largest absolute Gasteiger partial charge is 0.363 e. The summed E-state index contributed by atoms with van der Waals surface area (Å²) >= 11 is 10.2. The van der Waals surface area contributed by atoms with Gasteiger partial charge in [0, 0.05) is 33.4 Å². The summed E-state index contributed by atoms with van der Waals surface area (Å²) in [5, 5.41) is 2.79. The number of amides is 2. The maximum atomic E-state index is 11.9. The summed E-state index contributed by atoms with van der Waals surface area (Å²) in [6, 6.07) is 3.39. The highest BCUT2D eigenvalue weighted by Gasteiger charge is 2.16. The zero-order chi connectivity index (χ0) is 14.0. The topological polar surface area (TPSA) is 44.7 Å². The third kappa shape index (κ3) is 3.79. The standard InChI is InChI=1S/C12H12Br3N3O/c1-18-4-2-3-10(18)16-12(19)17-11-8(14)5-7(13)6-9(11)15/h5-6H,2-4H2,1H3,(H,17,19)/b16-10-. The molecule has 19 heavy (non-hydrogen) atoms. The van der Waals surface area contributed by atoms with Crippen LogP contribution in [0.5, 0.6) is 0 Å². The smallest absolute Gasteiger partial charge is 0.347 e. The first-order valence-corrected chi connectivity index (χ1v) is 8.09. The summed E-state index contributed by atoms with van der Waals surface area (Å²) in [4.78, 5) is 18.0. The Morgan fingerprint density at radius 2 is 1.95 bits per heavy atom. The van der Waals surface area contributed by atoms with E-state index >= 15 is 0 Å². The average Bonchev–Trinajstić information content (AvgIpc) is 2.69. The molecular weight excluding hydrogens is 442 g/mol. The molecule has 0 aromatic heterocycles. The Morgan fingerprint density at radius 3 is 2.47 bits per heavy atom. The maximum absolute atomic E-state index is 11.9. The number of halogens is 3. The van der Waals surface area contributed by atoms with Crippen LogP contribution in [-0.4, -0.2) is 30.4 Å². The number of rotatable bonds is 1. The zero-order valence-corrected chi connectivity index (χ0v) is 15.0. The van der Waals surface area contributed by atoms with E-state index in [4.69, 9.17) is 0 Å². The van der Waals surface area contributed by atoms with Gasteiger partial charge in [-0.2, -0.15) is 4.99 Å². The van der Waals surface area contributed by atoms with Crippen molar-refractivity contribution in [3.63, 3.8) is 0 Å². The van der Waals surface area contributed by atoms with Crippen LogP contribution in [0.25, 0.3) is 0 Å². The Labute approximate surface area is 137 Å². The van der Waals surface area contributed by atoms with Crippen molar-refractivity contribution in [1.29, 1.82) is 0 Å². The summed E-state index contributed by atoms with van der Waals surface area (Å²) in [7, 11) is 1.95. The monoisotopic (exact) mass is 451 g/mol. The Balaban J connectivity index is 2.16. The minimum absolute atomic E-state index is 0.354. The third-order valence-corrected chi connectivity index (χ3v) is 4.51. The van der Waals surface area contributed by atoms with Crippen LogP contribution in [0.4, 0.5) is 10.5 Å². The van der Waals surface area contributed by atoms with E-state index in [-0.39, 0.29) is 6.03 Å². The van der Waals surface area contributed by atoms with Gasteiger partial charge in [-0.05, 0) is 50.4 Å². The lowest BCUT2D eigenvalue weighted by Crippen LogP contribution is -2.21. The molecule has 1 fully saturated rings. The molecule has 1 saturated heterocycles. The zero-order valence-electron chi connectivity index (χ0n) is 10.2. The van der Waals surface area contributed by atoms with Gasteiger partial charge in [0.25, 0.3) is 0 Å². The molecule has 1 aromatic rings. The van der Waals surface area contributed by atoms with E-state index in [1.807, 2.05) is 24.1 Å². The van der Waals surface area contributed by atoms with Crippen LogP contribution in [0.3, 0.4) is 0 Å². The van der Waals surface area contributed by atoms with E-state index in [0.717, 1.165) is 38.6 Å². The molecule has 0 spiro atoms. The van der Waals surface area contributed by atoms with Crippen molar-refractivity contribution >= 4 is 65.3 Å². The molecule has 0 saturated carbocycles. The first kappa shape index (κ1) is 15.0. The van der Waals surface area contributed by atoms with Crippen LogP contribution in [0.1, 0.15) is 12.8 Å². The molecule has 0 radical (unpaired) electrons. The molecule has 7 heteroatoms. The van der Waals surface area contributed by atoms with Crippen LogP contribution >= 0.6 is 47.8 Å². The van der Waals surface area contributed by atoms with E-state index in [1.54, 1.807) is 0 Å². The molecule has 1 heterocycles. The van der Waals surface area contributed by atoms with Crippen LogP contribution in [0.2, 0.25) is 0 Å². The molecule has 0 bridgehead atoms. The SMILES string of the molecule is CN1CCC/C1=N/C(=O)Nc1c(Br)cc(Br)cc1Br. The number of nitrogens with one attached hydrogen (secondary N) is 1. The maximum Gasteiger partial charge on any atom is 0.347 e. The van der Waals surface area contributed by atoms with Gasteiger partial charge in [-0.25, -0.2) is 4.79 Å². The highest BCUT2D eigenvalue weighted by Crippen LogP contribution is 2.34. The predicted octanol–water partition coefficient (Wildman–Crippen LogP) is 4.63. The predicted molar refractivity (Wildman–Crippen MR) is 87.9 cm³/mol. The van der Waals surface area contributed by atoms with Crippen molar-refractivity contribution in [3.05, 3.63) is 25.6 Å². The summed E-state index contributed by atoms with van der Waals surface area (Å²) < 4.78 is 2.51. The Bertz CT molecular complexity index is 522. The summed E-state index contributed by atoms with van der Waals surface area (Å²) in [5.74, 6) is 0.835. The Morgan fingerprint density at radius 1 is 1.32 bits per heavy atom. The van der Waals surface area contributed by atoms with Gasteiger partial charge in [-0.3, -0.25) is 0 Å². The fraction of sp³-hybridized carbons (Fsp3) is 0.333. The number of nitrogens with zero attached hydrogens (tertiary/aromatic N) is 2. The summed E-state index contributed by atoms with van der Waals surface area (Å²) in [5.41, 5.74) is 0.679. The number of carbonyl (C=O) groups excluding carboxylic acids is 1. The highest BCUT2D eigenvalue weighted by atomic mass is 79.9. The lowest BCUT2D eigenvalue weighted by molar-refractivity contribution is 0.259. The van der Waals surface area contributed by atoms with Crippen molar-refractivity contribution in [2.75, 3.05) is 18.9 Å². The molecule has 1 aromatic carbocycles. The number of hydrogen-bond acceptors (Lipinski definition) is 1. The van der Waals surface area contributed by atoms with Crippen LogP contribution in [0.15, 0.2) is 30.5 Å². The third-order valence-electron chi connectivity index (χ3n) is 2.80. The number of likely N-dealkylation sites (tertiary alicyclic amines) is 1. The van der Waals surface area contributed by atoms with Gasteiger partial charge < -0.3 is 10.2 Å². The molecule has 1 aliphatic rings. The first-order chi connectivity index (χ1) is 8.97. The van der Waals surface area contributed by atoms with Gasteiger partial charge in [0.15, 0.2) is 0 Å². The lowest BCUT2D eigenvalue weighted by Gasteiger charge is -2.12. The van der Waals surface area contributed by atoms with Gasteiger partial charge in [0.1, 0.15) is 5.84 Å². The molecule has 1 aliphatic heterocycles. The van der Waals surface area contributed by atoms with Crippen LogP contribution in [0, 0.1) is 0 Å². The number of hydrogen-bond donors (Lipinski definition) is 1. The van der Waals surface area contributed by atoms with E-state index in [1.165, 1.54) is 0 Å². The van der Waals surface area contributed by atoms with Crippen LogP contribution in [-0.2, 0) is 0 Å².